The molecule has 2 rings (SSSR count). The number of aliphatic carboxylic acids is 1. The number of carbonyl (C=O) groups is 2. The zero-order chi connectivity index (χ0) is 13.7. The first-order valence-corrected chi connectivity index (χ1v) is 6.27. The highest BCUT2D eigenvalue weighted by molar-refractivity contribution is 5.99. The number of hydrogen-bond acceptors (Lipinski definition) is 3. The van der Waals surface area contributed by atoms with Gasteiger partial charge in [0.2, 0.25) is 0 Å². The second-order valence-electron chi connectivity index (χ2n) is 4.64. The minimum atomic E-state index is -1.41. The lowest BCUT2D eigenvalue weighted by atomic mass is 9.78. The van der Waals surface area contributed by atoms with Crippen molar-refractivity contribution in [2.24, 2.45) is 5.41 Å². The van der Waals surface area contributed by atoms with Gasteiger partial charge in [0.1, 0.15) is 0 Å². The van der Waals surface area contributed by atoms with Crippen molar-refractivity contribution in [3.8, 4) is 0 Å². The molecule has 0 bridgehead atoms. The number of rotatable bonds is 4. The second-order valence-corrected chi connectivity index (χ2v) is 4.64. The van der Waals surface area contributed by atoms with Gasteiger partial charge in [0.15, 0.2) is 5.41 Å². The zero-order valence-electron chi connectivity index (χ0n) is 10.5. The summed E-state index contributed by atoms with van der Waals surface area (Å²) in [7, 11) is 0. The molecule has 0 amide bonds. The summed E-state index contributed by atoms with van der Waals surface area (Å²) in [5, 5.41) is 9.32. The van der Waals surface area contributed by atoms with Crippen LogP contribution in [-0.2, 0) is 14.3 Å². The van der Waals surface area contributed by atoms with E-state index >= 15 is 0 Å². The Morgan fingerprint density at radius 1 is 1.37 bits per heavy atom. The molecule has 0 unspecified atom stereocenters. The standard InChI is InChI=1S/C15H16O4/c16-13(17)15(10-5-11-19-14(15)18)9-4-8-12-6-2-1-3-7-12/h1-4,6-8H,5,9-11H2,(H,16,17)/b8-4+/t15-/m0/s1. The van der Waals surface area contributed by atoms with Gasteiger partial charge in [-0.2, -0.15) is 0 Å². The van der Waals surface area contributed by atoms with Gasteiger partial charge in [0.05, 0.1) is 6.61 Å². The number of esters is 1. The van der Waals surface area contributed by atoms with E-state index in [1.54, 1.807) is 6.08 Å². The number of carboxylic acids is 1. The maximum atomic E-state index is 11.8. The fourth-order valence-electron chi connectivity index (χ4n) is 2.21. The zero-order valence-corrected chi connectivity index (χ0v) is 10.5. The highest BCUT2D eigenvalue weighted by Crippen LogP contribution is 2.34. The van der Waals surface area contributed by atoms with Crippen molar-refractivity contribution >= 4 is 18.0 Å². The molecule has 100 valence electrons. The van der Waals surface area contributed by atoms with E-state index in [2.05, 4.69) is 0 Å². The van der Waals surface area contributed by atoms with Gasteiger partial charge in [-0.3, -0.25) is 9.59 Å². The summed E-state index contributed by atoms with van der Waals surface area (Å²) >= 11 is 0. The average Bonchev–Trinajstić information content (AvgIpc) is 2.42. The third-order valence-corrected chi connectivity index (χ3v) is 3.36. The van der Waals surface area contributed by atoms with Crippen molar-refractivity contribution < 1.29 is 19.4 Å². The normalized spacial score (nSPS) is 23.3. The summed E-state index contributed by atoms with van der Waals surface area (Å²) in [6, 6.07) is 9.56. The van der Waals surface area contributed by atoms with Crippen LogP contribution in [0.2, 0.25) is 0 Å². The Labute approximate surface area is 111 Å². The van der Waals surface area contributed by atoms with Crippen LogP contribution in [0.25, 0.3) is 6.08 Å². The van der Waals surface area contributed by atoms with Crippen LogP contribution in [0.3, 0.4) is 0 Å². The van der Waals surface area contributed by atoms with E-state index in [1.165, 1.54) is 0 Å². The Morgan fingerprint density at radius 2 is 2.11 bits per heavy atom. The molecule has 0 aromatic heterocycles. The number of hydrogen-bond donors (Lipinski definition) is 1. The fraction of sp³-hybridized carbons (Fsp3) is 0.333. The van der Waals surface area contributed by atoms with Crippen LogP contribution in [0, 0.1) is 5.41 Å². The highest BCUT2D eigenvalue weighted by atomic mass is 16.5. The van der Waals surface area contributed by atoms with Crippen LogP contribution >= 0.6 is 0 Å². The molecule has 1 heterocycles. The van der Waals surface area contributed by atoms with Crippen molar-refractivity contribution in [2.75, 3.05) is 6.61 Å². The lowest BCUT2D eigenvalue weighted by molar-refractivity contribution is -0.174. The van der Waals surface area contributed by atoms with Gasteiger partial charge in [-0.05, 0) is 24.8 Å². The lowest BCUT2D eigenvalue weighted by Crippen LogP contribution is -2.43. The molecule has 0 radical (unpaired) electrons. The first-order valence-electron chi connectivity index (χ1n) is 6.27. The van der Waals surface area contributed by atoms with Crippen molar-refractivity contribution in [3.63, 3.8) is 0 Å². The highest BCUT2D eigenvalue weighted by Gasteiger charge is 2.48. The van der Waals surface area contributed by atoms with E-state index in [4.69, 9.17) is 4.74 Å². The Kier molecular flexibility index (Phi) is 4.00. The molecule has 0 saturated carbocycles. The third kappa shape index (κ3) is 2.84. The van der Waals surface area contributed by atoms with Gasteiger partial charge in [-0.15, -0.1) is 0 Å². The molecule has 19 heavy (non-hydrogen) atoms. The number of cyclic esters (lactones) is 1. The first kappa shape index (κ1) is 13.3. The van der Waals surface area contributed by atoms with Crippen LogP contribution in [0.4, 0.5) is 0 Å². The van der Waals surface area contributed by atoms with Crippen molar-refractivity contribution in [1.29, 1.82) is 0 Å². The molecule has 1 atom stereocenters. The van der Waals surface area contributed by atoms with Crippen LogP contribution in [0.15, 0.2) is 36.4 Å². The summed E-state index contributed by atoms with van der Waals surface area (Å²) < 4.78 is 4.90. The summed E-state index contributed by atoms with van der Waals surface area (Å²) in [5.74, 6) is -1.72. The Morgan fingerprint density at radius 3 is 2.74 bits per heavy atom. The molecule has 1 saturated heterocycles. The third-order valence-electron chi connectivity index (χ3n) is 3.36. The van der Waals surface area contributed by atoms with Crippen molar-refractivity contribution in [3.05, 3.63) is 42.0 Å². The van der Waals surface area contributed by atoms with Gasteiger partial charge in [-0.1, -0.05) is 42.5 Å². The molecule has 1 aliphatic rings. The molecule has 4 nitrogen and oxygen atoms in total. The topological polar surface area (TPSA) is 63.6 Å². The van der Waals surface area contributed by atoms with Crippen molar-refractivity contribution in [1.82, 2.24) is 0 Å². The number of ether oxygens (including phenoxy) is 1. The smallest absolute Gasteiger partial charge is 0.323 e. The van der Waals surface area contributed by atoms with Crippen LogP contribution in [-0.4, -0.2) is 23.7 Å². The van der Waals surface area contributed by atoms with Crippen LogP contribution in [0.5, 0.6) is 0 Å². The van der Waals surface area contributed by atoms with Gasteiger partial charge < -0.3 is 9.84 Å². The minimum Gasteiger partial charge on any atom is -0.480 e. The first-order chi connectivity index (χ1) is 9.15. The van der Waals surface area contributed by atoms with Crippen LogP contribution < -0.4 is 0 Å². The molecule has 1 aromatic rings. The van der Waals surface area contributed by atoms with E-state index in [0.29, 0.717) is 19.4 Å². The fourth-order valence-corrected chi connectivity index (χ4v) is 2.21. The summed E-state index contributed by atoms with van der Waals surface area (Å²) in [6.45, 7) is 0.316. The minimum absolute atomic E-state index is 0.163. The molecule has 0 aliphatic carbocycles. The van der Waals surface area contributed by atoms with Crippen LogP contribution in [0.1, 0.15) is 24.8 Å². The average molecular weight is 260 g/mol. The van der Waals surface area contributed by atoms with Gasteiger partial charge in [0.25, 0.3) is 0 Å². The summed E-state index contributed by atoms with van der Waals surface area (Å²) in [5.41, 5.74) is -0.434. The van der Waals surface area contributed by atoms with E-state index in [-0.39, 0.29) is 6.42 Å². The number of allylic oxidation sites excluding steroid dienone is 1. The lowest BCUT2D eigenvalue weighted by Gasteiger charge is -2.29. The summed E-state index contributed by atoms with van der Waals surface area (Å²) in [6.07, 6.45) is 4.65. The molecule has 1 aliphatic heterocycles. The number of benzene rings is 1. The second kappa shape index (κ2) is 5.69. The van der Waals surface area contributed by atoms with Gasteiger partial charge >= 0.3 is 11.9 Å². The maximum absolute atomic E-state index is 11.8. The molecule has 1 fully saturated rings. The predicted molar refractivity (Wildman–Crippen MR) is 70.4 cm³/mol. The summed E-state index contributed by atoms with van der Waals surface area (Å²) in [4.78, 5) is 23.2. The Balaban J connectivity index is 2.12. The van der Waals surface area contributed by atoms with E-state index < -0.39 is 17.4 Å². The largest absolute Gasteiger partial charge is 0.480 e. The van der Waals surface area contributed by atoms with Gasteiger partial charge in [0, 0.05) is 0 Å². The van der Waals surface area contributed by atoms with Gasteiger partial charge in [-0.25, -0.2) is 0 Å². The molecule has 4 heteroatoms. The molecular weight excluding hydrogens is 244 g/mol. The predicted octanol–water partition coefficient (Wildman–Crippen LogP) is 2.50. The maximum Gasteiger partial charge on any atom is 0.323 e. The van der Waals surface area contributed by atoms with E-state index in [0.717, 1.165) is 5.56 Å². The SMILES string of the molecule is O=C(O)[C@]1(C/C=C/c2ccccc2)CCCOC1=O. The Hall–Kier alpha value is -2.10. The number of carboxylic acid groups (broad SMARTS) is 1. The van der Waals surface area contributed by atoms with E-state index in [1.807, 2.05) is 36.4 Å². The van der Waals surface area contributed by atoms with E-state index in [9.17, 15) is 14.7 Å². The monoisotopic (exact) mass is 260 g/mol. The molecular formula is C15H16O4. The Bertz CT molecular complexity index is 492. The number of carbonyl (C=O) groups excluding carboxylic acids is 1. The molecule has 0 spiro atoms. The molecule has 1 N–H and O–H groups in total. The quantitative estimate of drug-likeness (QED) is 0.667. The molecule has 1 aromatic carbocycles. The van der Waals surface area contributed by atoms with Crippen molar-refractivity contribution in [2.45, 2.75) is 19.3 Å².